The van der Waals surface area contributed by atoms with Crippen LogP contribution in [0, 0.1) is 5.92 Å². The van der Waals surface area contributed by atoms with Crippen LogP contribution in [0.5, 0.6) is 0 Å². The number of carbonyl (C=O) groups is 2. The molecule has 0 spiro atoms. The van der Waals surface area contributed by atoms with Crippen molar-refractivity contribution in [2.24, 2.45) is 5.92 Å². The molecule has 0 bridgehead atoms. The number of hydrogen-bond donors (Lipinski definition) is 1. The first kappa shape index (κ1) is 15.8. The van der Waals surface area contributed by atoms with Gasteiger partial charge in [-0.25, -0.2) is 4.79 Å². The van der Waals surface area contributed by atoms with Gasteiger partial charge >= 0.3 is 5.97 Å². The molecule has 1 heterocycles. The zero-order chi connectivity index (χ0) is 14.3. The lowest BCUT2D eigenvalue weighted by Crippen LogP contribution is -2.41. The van der Waals surface area contributed by atoms with Crippen LogP contribution in [0.3, 0.4) is 0 Å². The van der Waals surface area contributed by atoms with Crippen LogP contribution < -0.4 is 5.32 Å². The van der Waals surface area contributed by atoms with E-state index in [0.29, 0.717) is 17.6 Å². The lowest BCUT2D eigenvalue weighted by Gasteiger charge is -2.17. The number of ether oxygens (including phenoxy) is 1. The number of amides is 1. The molecule has 106 valence electrons. The highest BCUT2D eigenvalue weighted by atomic mass is 32.2. The molecule has 1 aliphatic rings. The van der Waals surface area contributed by atoms with Gasteiger partial charge in [0.15, 0.2) is 0 Å². The van der Waals surface area contributed by atoms with Crippen molar-refractivity contribution in [2.45, 2.75) is 38.0 Å². The van der Waals surface area contributed by atoms with Gasteiger partial charge in [0.1, 0.15) is 6.04 Å². The van der Waals surface area contributed by atoms with Gasteiger partial charge in [-0.15, -0.1) is 11.8 Å². The number of carbonyl (C=O) groups excluding carboxylic acids is 2. The molecule has 1 unspecified atom stereocenters. The van der Waals surface area contributed by atoms with Crippen LogP contribution >= 0.6 is 11.8 Å². The molecule has 0 aromatic rings. The second-order valence-electron chi connectivity index (χ2n) is 4.86. The predicted molar refractivity (Wildman–Crippen MR) is 77.7 cm³/mol. The molecular weight excluding hydrogens is 262 g/mol. The Morgan fingerprint density at radius 1 is 1.53 bits per heavy atom. The van der Waals surface area contributed by atoms with Gasteiger partial charge in [0.2, 0.25) is 5.91 Å². The zero-order valence-corrected chi connectivity index (χ0v) is 12.4. The summed E-state index contributed by atoms with van der Waals surface area (Å²) < 4.78 is 4.70. The number of methoxy groups -OCH3 is 1. The minimum atomic E-state index is -0.573. The van der Waals surface area contributed by atoms with Crippen molar-refractivity contribution in [2.75, 3.05) is 7.11 Å². The maximum Gasteiger partial charge on any atom is 0.328 e. The lowest BCUT2D eigenvalue weighted by atomic mass is 10.0. The summed E-state index contributed by atoms with van der Waals surface area (Å²) in [5.41, 5.74) is 0. The fourth-order valence-corrected chi connectivity index (χ4v) is 2.58. The van der Waals surface area contributed by atoms with E-state index >= 15 is 0 Å². The average molecular weight is 283 g/mol. The predicted octanol–water partition coefficient (Wildman–Crippen LogP) is 2.27. The highest BCUT2D eigenvalue weighted by Crippen LogP contribution is 2.24. The normalized spacial score (nSPS) is 19.9. The molecule has 1 N–H and O–H groups in total. The molecule has 0 saturated heterocycles. The van der Waals surface area contributed by atoms with Gasteiger partial charge in [0, 0.05) is 11.3 Å². The molecule has 0 fully saturated rings. The monoisotopic (exact) mass is 283 g/mol. The number of nitrogens with one attached hydrogen (secondary N) is 1. The second-order valence-corrected chi connectivity index (χ2v) is 6.00. The largest absolute Gasteiger partial charge is 0.467 e. The second kappa shape index (κ2) is 8.04. The molecule has 0 saturated carbocycles. The summed E-state index contributed by atoms with van der Waals surface area (Å²) in [6, 6.07) is -0.573. The van der Waals surface area contributed by atoms with Crippen molar-refractivity contribution in [1.29, 1.82) is 0 Å². The van der Waals surface area contributed by atoms with Crippen molar-refractivity contribution in [3.05, 3.63) is 23.6 Å². The van der Waals surface area contributed by atoms with E-state index in [4.69, 9.17) is 4.74 Å². The first-order valence-corrected chi connectivity index (χ1v) is 7.34. The van der Waals surface area contributed by atoms with Crippen LogP contribution in [0.2, 0.25) is 0 Å². The van der Waals surface area contributed by atoms with Crippen LogP contribution in [-0.2, 0) is 14.3 Å². The summed E-state index contributed by atoms with van der Waals surface area (Å²) in [7, 11) is 1.33. The van der Waals surface area contributed by atoms with Crippen LogP contribution in [0.25, 0.3) is 0 Å². The molecule has 1 amide bonds. The van der Waals surface area contributed by atoms with Crippen LogP contribution in [0.1, 0.15) is 26.7 Å². The van der Waals surface area contributed by atoms with Crippen molar-refractivity contribution in [1.82, 2.24) is 5.32 Å². The molecule has 5 heteroatoms. The number of rotatable bonds is 6. The fraction of sp³-hybridized carbons (Fsp3) is 0.571. The molecule has 4 nitrogen and oxygen atoms in total. The van der Waals surface area contributed by atoms with Gasteiger partial charge in [-0.05, 0) is 24.2 Å². The van der Waals surface area contributed by atoms with E-state index in [-0.39, 0.29) is 5.91 Å². The third-order valence-electron chi connectivity index (χ3n) is 2.69. The molecule has 0 aliphatic carbocycles. The molecule has 0 radical (unpaired) electrons. The molecule has 0 aromatic heterocycles. The minimum Gasteiger partial charge on any atom is -0.467 e. The molecule has 1 aliphatic heterocycles. The minimum absolute atomic E-state index is 0.247. The lowest BCUT2D eigenvalue weighted by molar-refractivity contribution is -0.145. The van der Waals surface area contributed by atoms with Crippen molar-refractivity contribution < 1.29 is 14.3 Å². The van der Waals surface area contributed by atoms with Gasteiger partial charge < -0.3 is 10.1 Å². The van der Waals surface area contributed by atoms with E-state index in [1.807, 2.05) is 25.3 Å². The summed E-state index contributed by atoms with van der Waals surface area (Å²) >= 11 is 1.69. The smallest absolute Gasteiger partial charge is 0.328 e. The van der Waals surface area contributed by atoms with Gasteiger partial charge in [0.25, 0.3) is 0 Å². The van der Waals surface area contributed by atoms with Gasteiger partial charge in [-0.3, -0.25) is 4.79 Å². The summed E-state index contributed by atoms with van der Waals surface area (Å²) in [6.45, 7) is 4.00. The topological polar surface area (TPSA) is 55.4 Å². The summed E-state index contributed by atoms with van der Waals surface area (Å²) in [5, 5.41) is 5.05. The number of esters is 1. The number of allylic oxidation sites excluding steroid dienone is 1. The van der Waals surface area contributed by atoms with E-state index in [2.05, 4.69) is 11.4 Å². The highest BCUT2D eigenvalue weighted by molar-refractivity contribution is 8.03. The van der Waals surface area contributed by atoms with Crippen molar-refractivity contribution >= 4 is 23.6 Å². The summed E-state index contributed by atoms with van der Waals surface area (Å²) in [4.78, 5) is 23.3. The van der Waals surface area contributed by atoms with Crippen molar-refractivity contribution in [3.8, 4) is 0 Å². The Balaban J connectivity index is 2.47. The first-order valence-electron chi connectivity index (χ1n) is 6.40. The van der Waals surface area contributed by atoms with E-state index in [1.54, 1.807) is 11.8 Å². The SMILES string of the molecule is COC(=O)[C@@H](CC(C)C)NC(=O)/C=C/C1CC=CS1. The fourth-order valence-electron chi connectivity index (χ4n) is 1.77. The molecule has 19 heavy (non-hydrogen) atoms. The number of thioether (sulfide) groups is 1. The van der Waals surface area contributed by atoms with E-state index in [0.717, 1.165) is 6.42 Å². The van der Waals surface area contributed by atoms with Crippen LogP contribution in [0.4, 0.5) is 0 Å². The number of hydrogen-bond acceptors (Lipinski definition) is 4. The summed E-state index contributed by atoms with van der Waals surface area (Å²) in [6.07, 6.45) is 6.96. The quantitative estimate of drug-likeness (QED) is 0.600. The van der Waals surface area contributed by atoms with Crippen LogP contribution in [0.15, 0.2) is 23.6 Å². The van der Waals surface area contributed by atoms with E-state index in [1.165, 1.54) is 13.2 Å². The zero-order valence-electron chi connectivity index (χ0n) is 11.6. The van der Waals surface area contributed by atoms with E-state index in [9.17, 15) is 9.59 Å². The third kappa shape index (κ3) is 5.96. The average Bonchev–Trinajstić information content (AvgIpc) is 2.87. The van der Waals surface area contributed by atoms with Gasteiger partial charge in [-0.1, -0.05) is 26.0 Å². The third-order valence-corrected chi connectivity index (χ3v) is 3.74. The molecule has 1 rings (SSSR count). The van der Waals surface area contributed by atoms with E-state index < -0.39 is 12.0 Å². The standard InChI is InChI=1S/C14H21NO3S/c1-10(2)9-12(14(17)18-3)15-13(16)7-6-11-5-4-8-19-11/h4,6-8,10-12H,5,9H2,1-3H3,(H,15,16)/b7-6+/t11?,12-/m1/s1. The Morgan fingerprint density at radius 3 is 2.79 bits per heavy atom. The van der Waals surface area contributed by atoms with Gasteiger partial charge in [0.05, 0.1) is 7.11 Å². The molecule has 2 atom stereocenters. The van der Waals surface area contributed by atoms with Crippen molar-refractivity contribution in [3.63, 3.8) is 0 Å². The maximum absolute atomic E-state index is 11.8. The Kier molecular flexibility index (Phi) is 6.70. The highest BCUT2D eigenvalue weighted by Gasteiger charge is 2.21. The Hall–Kier alpha value is -1.23. The maximum atomic E-state index is 11.8. The Morgan fingerprint density at radius 2 is 2.26 bits per heavy atom. The van der Waals surface area contributed by atoms with Gasteiger partial charge in [-0.2, -0.15) is 0 Å². The van der Waals surface area contributed by atoms with Crippen LogP contribution in [-0.4, -0.2) is 30.3 Å². The first-order chi connectivity index (χ1) is 9.02. The molecular formula is C14H21NO3S. The Labute approximate surface area is 118 Å². The summed E-state index contributed by atoms with van der Waals surface area (Å²) in [5.74, 6) is -0.334. The Bertz CT molecular complexity index is 369. The molecule has 0 aromatic carbocycles.